The third-order valence-electron chi connectivity index (χ3n) is 4.25. The van der Waals surface area contributed by atoms with E-state index in [1.807, 2.05) is 17.9 Å². The predicted molar refractivity (Wildman–Crippen MR) is 106 cm³/mol. The van der Waals surface area contributed by atoms with Crippen LogP contribution in [0.5, 0.6) is 5.75 Å². The minimum absolute atomic E-state index is 0.0679. The fourth-order valence-electron chi connectivity index (χ4n) is 2.83. The molecule has 0 unspecified atom stereocenters. The van der Waals surface area contributed by atoms with Crippen molar-refractivity contribution in [2.75, 3.05) is 43.0 Å². The van der Waals surface area contributed by atoms with E-state index in [0.717, 1.165) is 18.8 Å². The van der Waals surface area contributed by atoms with Gasteiger partial charge in [0.1, 0.15) is 17.4 Å². The third kappa shape index (κ3) is 4.98. The van der Waals surface area contributed by atoms with Crippen molar-refractivity contribution >= 4 is 17.5 Å². The number of hydrogen-bond acceptors (Lipinski definition) is 7. The Bertz CT molecular complexity index is 853. The zero-order chi connectivity index (χ0) is 19.8. The number of nitriles is 1. The van der Waals surface area contributed by atoms with Crippen LogP contribution in [0.25, 0.3) is 0 Å². The number of anilines is 2. The standard InChI is InChI=1S/C20H22N6O2/c1-2-28-18-6-4-17(5-7-18)24-19(27)16(14-21)15-25-10-12-26(13-11-25)20-22-8-3-9-23-20/h3-9,15H,2,10-13H2,1H3,(H,24,27)/b16-15-. The molecule has 0 atom stereocenters. The van der Waals surface area contributed by atoms with Crippen molar-refractivity contribution in [1.29, 1.82) is 5.26 Å². The normalized spacial score (nSPS) is 14.4. The largest absolute Gasteiger partial charge is 0.494 e. The summed E-state index contributed by atoms with van der Waals surface area (Å²) in [7, 11) is 0. The van der Waals surface area contributed by atoms with E-state index in [-0.39, 0.29) is 5.57 Å². The Morgan fingerprint density at radius 2 is 1.89 bits per heavy atom. The topological polar surface area (TPSA) is 94.4 Å². The number of benzene rings is 1. The first kappa shape index (κ1) is 19.2. The molecule has 0 bridgehead atoms. The van der Waals surface area contributed by atoms with Crippen LogP contribution in [-0.2, 0) is 4.79 Å². The monoisotopic (exact) mass is 378 g/mol. The van der Waals surface area contributed by atoms with Crippen LogP contribution in [-0.4, -0.2) is 53.6 Å². The van der Waals surface area contributed by atoms with Crippen LogP contribution >= 0.6 is 0 Å². The van der Waals surface area contributed by atoms with Crippen LogP contribution in [0, 0.1) is 11.3 Å². The molecule has 0 radical (unpaired) electrons. The highest BCUT2D eigenvalue weighted by atomic mass is 16.5. The Kier molecular flexibility index (Phi) is 6.41. The maximum absolute atomic E-state index is 12.4. The average Bonchev–Trinajstić information content (AvgIpc) is 2.74. The van der Waals surface area contributed by atoms with E-state index >= 15 is 0 Å². The summed E-state index contributed by atoms with van der Waals surface area (Å²) in [5.74, 6) is 0.997. The molecular formula is C20H22N6O2. The minimum atomic E-state index is -0.430. The molecule has 0 saturated carbocycles. The number of amides is 1. The summed E-state index contributed by atoms with van der Waals surface area (Å²) in [4.78, 5) is 25.0. The Labute approximate surface area is 164 Å². The van der Waals surface area contributed by atoms with Gasteiger partial charge in [-0.05, 0) is 37.3 Å². The van der Waals surface area contributed by atoms with Crippen LogP contribution in [0.3, 0.4) is 0 Å². The van der Waals surface area contributed by atoms with Gasteiger partial charge in [-0.15, -0.1) is 0 Å². The lowest BCUT2D eigenvalue weighted by Gasteiger charge is -2.34. The number of ether oxygens (including phenoxy) is 1. The number of aromatic nitrogens is 2. The van der Waals surface area contributed by atoms with Gasteiger partial charge in [-0.1, -0.05) is 0 Å². The van der Waals surface area contributed by atoms with Crippen LogP contribution in [0.4, 0.5) is 11.6 Å². The molecule has 1 aliphatic heterocycles. The molecule has 1 aliphatic rings. The number of carbonyl (C=O) groups excluding carboxylic acids is 1. The van der Waals surface area contributed by atoms with Gasteiger partial charge in [-0.2, -0.15) is 5.26 Å². The Morgan fingerprint density at radius 1 is 1.21 bits per heavy atom. The fraction of sp³-hybridized carbons (Fsp3) is 0.300. The first-order valence-electron chi connectivity index (χ1n) is 9.11. The summed E-state index contributed by atoms with van der Waals surface area (Å²) < 4.78 is 5.38. The molecule has 1 saturated heterocycles. The molecule has 1 aromatic heterocycles. The van der Waals surface area contributed by atoms with E-state index in [9.17, 15) is 10.1 Å². The first-order valence-corrected chi connectivity index (χ1v) is 9.11. The molecule has 0 aliphatic carbocycles. The Hall–Kier alpha value is -3.60. The number of nitrogens with zero attached hydrogens (tertiary/aromatic N) is 5. The molecule has 3 rings (SSSR count). The predicted octanol–water partition coefficient (Wildman–Crippen LogP) is 2.04. The van der Waals surface area contributed by atoms with Crippen molar-refractivity contribution in [3.05, 3.63) is 54.5 Å². The van der Waals surface area contributed by atoms with Gasteiger partial charge >= 0.3 is 0 Å². The molecule has 1 N–H and O–H groups in total. The molecule has 2 heterocycles. The summed E-state index contributed by atoms with van der Waals surface area (Å²) >= 11 is 0. The molecule has 144 valence electrons. The summed E-state index contributed by atoms with van der Waals surface area (Å²) in [5.41, 5.74) is 0.680. The highest BCUT2D eigenvalue weighted by Crippen LogP contribution is 2.17. The lowest BCUT2D eigenvalue weighted by molar-refractivity contribution is -0.112. The van der Waals surface area contributed by atoms with Gasteiger partial charge in [0.05, 0.1) is 6.61 Å². The van der Waals surface area contributed by atoms with E-state index in [1.54, 1.807) is 48.9 Å². The number of carbonyl (C=O) groups is 1. The van der Waals surface area contributed by atoms with Crippen molar-refractivity contribution < 1.29 is 9.53 Å². The highest BCUT2D eigenvalue weighted by molar-refractivity contribution is 6.06. The van der Waals surface area contributed by atoms with Crippen molar-refractivity contribution in [1.82, 2.24) is 14.9 Å². The average molecular weight is 378 g/mol. The van der Waals surface area contributed by atoms with Gasteiger partial charge in [0.2, 0.25) is 5.95 Å². The molecule has 1 amide bonds. The lowest BCUT2D eigenvalue weighted by atomic mass is 10.2. The van der Waals surface area contributed by atoms with Gasteiger partial charge in [0.15, 0.2) is 0 Å². The van der Waals surface area contributed by atoms with Gasteiger partial charge in [-0.25, -0.2) is 9.97 Å². The van der Waals surface area contributed by atoms with Crippen LogP contribution in [0.1, 0.15) is 6.92 Å². The van der Waals surface area contributed by atoms with E-state index < -0.39 is 5.91 Å². The molecule has 1 fully saturated rings. The van der Waals surface area contributed by atoms with Crippen molar-refractivity contribution in [3.8, 4) is 11.8 Å². The quantitative estimate of drug-likeness (QED) is 0.607. The molecule has 1 aromatic carbocycles. The number of piperazine rings is 1. The minimum Gasteiger partial charge on any atom is -0.494 e. The molecule has 8 heteroatoms. The van der Waals surface area contributed by atoms with E-state index in [1.165, 1.54) is 0 Å². The molecule has 28 heavy (non-hydrogen) atoms. The Balaban J connectivity index is 1.57. The van der Waals surface area contributed by atoms with Crippen LogP contribution < -0.4 is 15.0 Å². The van der Waals surface area contributed by atoms with E-state index in [4.69, 9.17) is 4.74 Å². The second-order valence-corrected chi connectivity index (χ2v) is 6.14. The molecule has 0 spiro atoms. The van der Waals surface area contributed by atoms with Crippen LogP contribution in [0.15, 0.2) is 54.5 Å². The Morgan fingerprint density at radius 3 is 2.50 bits per heavy atom. The summed E-state index contributed by atoms with van der Waals surface area (Å²) in [6.45, 7) is 5.29. The number of hydrogen-bond donors (Lipinski definition) is 1. The van der Waals surface area contributed by atoms with Crippen molar-refractivity contribution in [2.45, 2.75) is 6.92 Å². The lowest BCUT2D eigenvalue weighted by Crippen LogP contribution is -2.45. The summed E-state index contributed by atoms with van der Waals surface area (Å²) in [6, 6.07) is 10.8. The van der Waals surface area contributed by atoms with E-state index in [0.29, 0.717) is 31.3 Å². The van der Waals surface area contributed by atoms with Gasteiger partial charge < -0.3 is 19.9 Å². The molecule has 2 aromatic rings. The first-order chi connectivity index (χ1) is 13.7. The van der Waals surface area contributed by atoms with Gasteiger partial charge in [0, 0.05) is 50.5 Å². The highest BCUT2D eigenvalue weighted by Gasteiger charge is 2.19. The maximum atomic E-state index is 12.4. The maximum Gasteiger partial charge on any atom is 0.267 e. The summed E-state index contributed by atoms with van der Waals surface area (Å²) in [5, 5.41) is 12.1. The summed E-state index contributed by atoms with van der Waals surface area (Å²) in [6.07, 6.45) is 5.05. The SMILES string of the molecule is CCOc1ccc(NC(=O)/C(C#N)=C\N2CCN(c3ncccn3)CC2)cc1. The van der Waals surface area contributed by atoms with Gasteiger partial charge in [0.25, 0.3) is 5.91 Å². The smallest absolute Gasteiger partial charge is 0.267 e. The molecular weight excluding hydrogens is 356 g/mol. The fourth-order valence-corrected chi connectivity index (χ4v) is 2.83. The zero-order valence-corrected chi connectivity index (χ0v) is 15.7. The number of rotatable bonds is 6. The number of nitrogens with one attached hydrogen (secondary N) is 1. The second-order valence-electron chi connectivity index (χ2n) is 6.14. The van der Waals surface area contributed by atoms with Crippen LogP contribution in [0.2, 0.25) is 0 Å². The van der Waals surface area contributed by atoms with E-state index in [2.05, 4.69) is 20.2 Å². The molecule has 8 nitrogen and oxygen atoms in total. The zero-order valence-electron chi connectivity index (χ0n) is 15.7. The third-order valence-corrected chi connectivity index (χ3v) is 4.25. The second kappa shape index (κ2) is 9.37. The van der Waals surface area contributed by atoms with Crippen molar-refractivity contribution in [2.24, 2.45) is 0 Å². The van der Waals surface area contributed by atoms with Gasteiger partial charge in [-0.3, -0.25) is 4.79 Å². The van der Waals surface area contributed by atoms with Crippen molar-refractivity contribution in [3.63, 3.8) is 0 Å².